The number of nitrogens with one attached hydrogen (secondary N) is 1. The van der Waals surface area contributed by atoms with Gasteiger partial charge in [0.05, 0.1) is 7.11 Å². The molecule has 0 bridgehead atoms. The number of carbonyl (C=O) groups excluding carboxylic acids is 1. The monoisotopic (exact) mass is 544 g/mol. The highest BCUT2D eigenvalue weighted by atomic mass is 19.1. The first-order valence-electron chi connectivity index (χ1n) is 14.1. The summed E-state index contributed by atoms with van der Waals surface area (Å²) in [6.45, 7) is 3.12. The molecule has 6 rings (SSSR count). The van der Waals surface area contributed by atoms with E-state index in [2.05, 4.69) is 58.7 Å². The van der Waals surface area contributed by atoms with E-state index in [0.717, 1.165) is 65.8 Å². The molecule has 1 amide bonds. The van der Waals surface area contributed by atoms with Crippen LogP contribution >= 0.6 is 0 Å². The number of anilines is 1. The first-order chi connectivity index (χ1) is 20.0. The normalized spacial score (nSPS) is 14.2. The molecule has 5 aromatic rings. The van der Waals surface area contributed by atoms with Crippen LogP contribution in [0.4, 0.5) is 10.1 Å². The summed E-state index contributed by atoms with van der Waals surface area (Å²) >= 11 is 0. The Bertz CT molecular complexity index is 1640. The SMILES string of the molecule is COc1ccc(C2CCN(Cc3ccc4cc(NC(=O)c5ccc(-c6ccc(F)cc6)cc5)ccc4c3)CC2)cc1. The van der Waals surface area contributed by atoms with Gasteiger partial charge in [0.25, 0.3) is 5.91 Å². The molecule has 0 aromatic heterocycles. The third-order valence-electron chi connectivity index (χ3n) is 8.07. The van der Waals surface area contributed by atoms with E-state index in [4.69, 9.17) is 4.74 Å². The van der Waals surface area contributed by atoms with Crippen molar-refractivity contribution in [3.05, 3.63) is 132 Å². The highest BCUT2D eigenvalue weighted by Gasteiger charge is 2.21. The zero-order valence-corrected chi connectivity index (χ0v) is 23.1. The van der Waals surface area contributed by atoms with Crippen molar-refractivity contribution in [1.29, 1.82) is 0 Å². The predicted molar refractivity (Wildman–Crippen MR) is 164 cm³/mol. The Hall–Kier alpha value is -4.48. The number of piperidine rings is 1. The molecule has 0 atom stereocenters. The van der Waals surface area contributed by atoms with Crippen molar-refractivity contribution in [2.24, 2.45) is 0 Å². The lowest BCUT2D eigenvalue weighted by atomic mass is 9.89. The summed E-state index contributed by atoms with van der Waals surface area (Å²) in [6, 6.07) is 34.8. The Kier molecular flexibility index (Phi) is 7.79. The average molecular weight is 545 g/mol. The van der Waals surface area contributed by atoms with Crippen LogP contribution in [-0.4, -0.2) is 31.0 Å². The number of methoxy groups -OCH3 is 1. The van der Waals surface area contributed by atoms with E-state index in [1.54, 1.807) is 31.4 Å². The summed E-state index contributed by atoms with van der Waals surface area (Å²) in [5.41, 5.74) is 5.88. The maximum atomic E-state index is 13.2. The maximum absolute atomic E-state index is 13.2. The van der Waals surface area contributed by atoms with E-state index in [1.807, 2.05) is 24.3 Å². The van der Waals surface area contributed by atoms with Crippen LogP contribution in [0, 0.1) is 5.82 Å². The quantitative estimate of drug-likeness (QED) is 0.224. The molecule has 0 unspecified atom stereocenters. The van der Waals surface area contributed by atoms with Gasteiger partial charge in [0.15, 0.2) is 0 Å². The molecule has 4 nitrogen and oxygen atoms in total. The molecule has 0 aliphatic carbocycles. The minimum Gasteiger partial charge on any atom is -0.497 e. The number of carbonyl (C=O) groups is 1. The number of hydrogen-bond acceptors (Lipinski definition) is 3. The number of benzene rings is 5. The Balaban J connectivity index is 1.05. The molecule has 0 saturated carbocycles. The molecule has 1 saturated heterocycles. The van der Waals surface area contributed by atoms with Gasteiger partial charge < -0.3 is 10.1 Å². The van der Waals surface area contributed by atoms with Crippen LogP contribution in [0.15, 0.2) is 109 Å². The number of fused-ring (bicyclic) bond motifs is 1. The number of halogens is 1. The Morgan fingerprint density at radius 2 is 1.44 bits per heavy atom. The van der Waals surface area contributed by atoms with E-state index in [-0.39, 0.29) is 11.7 Å². The summed E-state index contributed by atoms with van der Waals surface area (Å²) in [4.78, 5) is 15.4. The van der Waals surface area contributed by atoms with Crippen LogP contribution in [0.3, 0.4) is 0 Å². The van der Waals surface area contributed by atoms with Crippen LogP contribution in [0.2, 0.25) is 0 Å². The second-order valence-corrected chi connectivity index (χ2v) is 10.8. The van der Waals surface area contributed by atoms with E-state index in [1.165, 1.54) is 23.3 Å². The van der Waals surface area contributed by atoms with Gasteiger partial charge in [-0.1, -0.05) is 54.6 Å². The second kappa shape index (κ2) is 11.9. The number of likely N-dealkylation sites (tertiary alicyclic amines) is 1. The van der Waals surface area contributed by atoms with Crippen molar-refractivity contribution >= 4 is 22.4 Å². The molecule has 5 heteroatoms. The molecule has 41 heavy (non-hydrogen) atoms. The molecule has 1 aliphatic heterocycles. The van der Waals surface area contributed by atoms with E-state index in [9.17, 15) is 9.18 Å². The molecular weight excluding hydrogens is 511 g/mol. The largest absolute Gasteiger partial charge is 0.497 e. The molecule has 1 heterocycles. The molecule has 0 spiro atoms. The van der Waals surface area contributed by atoms with Crippen LogP contribution in [0.5, 0.6) is 5.75 Å². The molecule has 1 N–H and O–H groups in total. The van der Waals surface area contributed by atoms with Gasteiger partial charge in [0, 0.05) is 17.8 Å². The van der Waals surface area contributed by atoms with Crippen molar-refractivity contribution in [2.75, 3.05) is 25.5 Å². The van der Waals surface area contributed by atoms with Crippen molar-refractivity contribution in [1.82, 2.24) is 4.90 Å². The van der Waals surface area contributed by atoms with Crippen molar-refractivity contribution in [2.45, 2.75) is 25.3 Å². The van der Waals surface area contributed by atoms with Crippen LogP contribution in [0.25, 0.3) is 21.9 Å². The Morgan fingerprint density at radius 3 is 2.12 bits per heavy atom. The second-order valence-electron chi connectivity index (χ2n) is 10.8. The third-order valence-corrected chi connectivity index (χ3v) is 8.07. The van der Waals surface area contributed by atoms with Gasteiger partial charge in [0.2, 0.25) is 0 Å². The topological polar surface area (TPSA) is 41.6 Å². The van der Waals surface area contributed by atoms with Gasteiger partial charge in [-0.15, -0.1) is 0 Å². The third kappa shape index (κ3) is 6.31. The number of hydrogen-bond donors (Lipinski definition) is 1. The highest BCUT2D eigenvalue weighted by molar-refractivity contribution is 6.05. The maximum Gasteiger partial charge on any atom is 0.255 e. The molecule has 206 valence electrons. The lowest BCUT2D eigenvalue weighted by molar-refractivity contribution is 0.102. The van der Waals surface area contributed by atoms with Gasteiger partial charge in [-0.2, -0.15) is 0 Å². The lowest BCUT2D eigenvalue weighted by Crippen LogP contribution is -2.32. The van der Waals surface area contributed by atoms with Gasteiger partial charge in [0.1, 0.15) is 11.6 Å². The number of rotatable bonds is 7. The average Bonchev–Trinajstić information content (AvgIpc) is 3.02. The van der Waals surface area contributed by atoms with Gasteiger partial charge >= 0.3 is 0 Å². The summed E-state index contributed by atoms with van der Waals surface area (Å²) < 4.78 is 18.5. The Labute approximate surface area is 240 Å². The molecule has 1 fully saturated rings. The number of amides is 1. The van der Waals surface area contributed by atoms with Gasteiger partial charge in [-0.05, 0) is 119 Å². The first kappa shape index (κ1) is 26.7. The molecule has 5 aromatic carbocycles. The fraction of sp³-hybridized carbons (Fsp3) is 0.194. The summed E-state index contributed by atoms with van der Waals surface area (Å²) in [5, 5.41) is 5.28. The summed E-state index contributed by atoms with van der Waals surface area (Å²) in [6.07, 6.45) is 2.33. The fourth-order valence-electron chi connectivity index (χ4n) is 5.69. The minimum atomic E-state index is -0.266. The molecule has 1 aliphatic rings. The number of nitrogens with zero attached hydrogens (tertiary/aromatic N) is 1. The standard InChI is InChI=1S/C36H33FN2O2/c1-41-35-16-11-28(12-17-35)29-18-20-39(21-19-29)24-25-2-3-32-23-34(15-10-31(32)22-25)38-36(40)30-6-4-26(5-7-30)27-8-13-33(37)14-9-27/h2-17,22-23,29H,18-21,24H2,1H3,(H,38,40). The van der Waals surface area contributed by atoms with E-state index in [0.29, 0.717) is 11.5 Å². The molecular formula is C36H33FN2O2. The smallest absolute Gasteiger partial charge is 0.255 e. The van der Waals surface area contributed by atoms with Gasteiger partial charge in [-0.25, -0.2) is 4.39 Å². The van der Waals surface area contributed by atoms with Crippen molar-refractivity contribution in [3.63, 3.8) is 0 Å². The van der Waals surface area contributed by atoms with E-state index < -0.39 is 0 Å². The zero-order chi connectivity index (χ0) is 28.2. The van der Waals surface area contributed by atoms with E-state index >= 15 is 0 Å². The van der Waals surface area contributed by atoms with Crippen LogP contribution < -0.4 is 10.1 Å². The van der Waals surface area contributed by atoms with Crippen molar-refractivity contribution in [3.8, 4) is 16.9 Å². The van der Waals surface area contributed by atoms with Crippen molar-refractivity contribution < 1.29 is 13.9 Å². The first-order valence-corrected chi connectivity index (χ1v) is 14.1. The van der Waals surface area contributed by atoms with Crippen LogP contribution in [-0.2, 0) is 6.54 Å². The highest BCUT2D eigenvalue weighted by Crippen LogP contribution is 2.30. The summed E-state index contributed by atoms with van der Waals surface area (Å²) in [7, 11) is 1.71. The lowest BCUT2D eigenvalue weighted by Gasteiger charge is -2.32. The van der Waals surface area contributed by atoms with Gasteiger partial charge in [-0.3, -0.25) is 9.69 Å². The predicted octanol–water partition coefficient (Wildman–Crippen LogP) is 8.29. The Morgan fingerprint density at radius 1 is 0.805 bits per heavy atom. The number of ether oxygens (including phenoxy) is 1. The zero-order valence-electron chi connectivity index (χ0n) is 23.1. The molecule has 0 radical (unpaired) electrons. The fourth-order valence-corrected chi connectivity index (χ4v) is 5.69. The van der Waals surface area contributed by atoms with Crippen LogP contribution in [0.1, 0.15) is 40.2 Å². The summed E-state index contributed by atoms with van der Waals surface area (Å²) in [5.74, 6) is 1.09. The minimum absolute atomic E-state index is 0.162.